The Bertz CT molecular complexity index is 426. The van der Waals surface area contributed by atoms with Crippen LogP contribution in [-0.4, -0.2) is 42.2 Å². The molecule has 0 aliphatic heterocycles. The molecular formula is C13H20BrN3O2. The summed E-state index contributed by atoms with van der Waals surface area (Å²) in [5.74, 6) is 1.08. The summed E-state index contributed by atoms with van der Waals surface area (Å²) in [6.45, 7) is 3.39. The highest BCUT2D eigenvalue weighted by Crippen LogP contribution is 2.17. The van der Waals surface area contributed by atoms with Crippen LogP contribution in [0.4, 0.5) is 0 Å². The molecule has 0 radical (unpaired) electrons. The molecule has 1 aromatic rings. The van der Waals surface area contributed by atoms with Crippen LogP contribution < -0.4 is 10.5 Å². The van der Waals surface area contributed by atoms with Crippen LogP contribution in [0.1, 0.15) is 13.3 Å². The van der Waals surface area contributed by atoms with Crippen molar-refractivity contribution in [3.8, 4) is 5.75 Å². The second-order valence-corrected chi connectivity index (χ2v) is 5.35. The Morgan fingerprint density at radius 3 is 2.95 bits per heavy atom. The third kappa shape index (κ3) is 5.94. The number of hydrogen-bond acceptors (Lipinski definition) is 4. The minimum Gasteiger partial charge on any atom is -0.492 e. The first-order chi connectivity index (χ1) is 9.02. The van der Waals surface area contributed by atoms with E-state index in [9.17, 15) is 0 Å². The van der Waals surface area contributed by atoms with Crippen molar-refractivity contribution in [1.82, 2.24) is 4.90 Å². The van der Waals surface area contributed by atoms with Crippen molar-refractivity contribution in [3.63, 3.8) is 0 Å². The maximum absolute atomic E-state index is 8.53. The SMILES string of the molecule is CC(CC(N)=NO)N(C)CCOc1cccc(Br)c1. The summed E-state index contributed by atoms with van der Waals surface area (Å²) in [7, 11) is 1.99. The Kier molecular flexibility index (Phi) is 6.66. The van der Waals surface area contributed by atoms with Crippen molar-refractivity contribution in [2.45, 2.75) is 19.4 Å². The van der Waals surface area contributed by atoms with Crippen molar-refractivity contribution < 1.29 is 9.94 Å². The van der Waals surface area contributed by atoms with E-state index in [0.29, 0.717) is 13.0 Å². The van der Waals surface area contributed by atoms with E-state index in [1.54, 1.807) is 0 Å². The van der Waals surface area contributed by atoms with E-state index in [-0.39, 0.29) is 11.9 Å². The molecule has 0 aliphatic carbocycles. The molecule has 5 nitrogen and oxygen atoms in total. The maximum atomic E-state index is 8.53. The smallest absolute Gasteiger partial charge is 0.140 e. The van der Waals surface area contributed by atoms with E-state index in [2.05, 4.69) is 26.0 Å². The van der Waals surface area contributed by atoms with Gasteiger partial charge in [-0.25, -0.2) is 0 Å². The number of benzene rings is 1. The lowest BCUT2D eigenvalue weighted by molar-refractivity contribution is 0.201. The fourth-order valence-corrected chi connectivity index (χ4v) is 1.96. The zero-order chi connectivity index (χ0) is 14.3. The molecule has 1 aromatic carbocycles. The van der Waals surface area contributed by atoms with Gasteiger partial charge in [0, 0.05) is 23.5 Å². The largest absolute Gasteiger partial charge is 0.492 e. The highest BCUT2D eigenvalue weighted by molar-refractivity contribution is 9.10. The van der Waals surface area contributed by atoms with Crippen LogP contribution in [0.25, 0.3) is 0 Å². The number of nitrogens with zero attached hydrogens (tertiary/aromatic N) is 2. The summed E-state index contributed by atoms with van der Waals surface area (Å²) in [4.78, 5) is 2.11. The Hall–Kier alpha value is -1.27. The third-order valence-corrected chi connectivity index (χ3v) is 3.39. The molecule has 0 bridgehead atoms. The Morgan fingerprint density at radius 2 is 2.32 bits per heavy atom. The molecule has 0 fully saturated rings. The molecule has 106 valence electrons. The van der Waals surface area contributed by atoms with Crippen LogP contribution in [0, 0.1) is 0 Å². The van der Waals surface area contributed by atoms with Crippen LogP contribution in [-0.2, 0) is 0 Å². The van der Waals surface area contributed by atoms with Crippen LogP contribution in [0.3, 0.4) is 0 Å². The van der Waals surface area contributed by atoms with Crippen LogP contribution in [0.15, 0.2) is 33.9 Å². The van der Waals surface area contributed by atoms with Gasteiger partial charge in [0.1, 0.15) is 18.2 Å². The van der Waals surface area contributed by atoms with Crippen LogP contribution >= 0.6 is 15.9 Å². The van der Waals surface area contributed by atoms with E-state index in [4.69, 9.17) is 15.7 Å². The number of hydrogen-bond donors (Lipinski definition) is 2. The number of halogens is 1. The lowest BCUT2D eigenvalue weighted by Gasteiger charge is -2.24. The predicted octanol–water partition coefficient (Wildman–Crippen LogP) is 2.28. The van der Waals surface area contributed by atoms with Gasteiger partial charge in [-0.2, -0.15) is 0 Å². The van der Waals surface area contributed by atoms with E-state index in [1.807, 2.05) is 38.2 Å². The average Bonchev–Trinajstić information content (AvgIpc) is 2.38. The number of rotatable bonds is 7. The van der Waals surface area contributed by atoms with Gasteiger partial charge in [0.05, 0.1) is 0 Å². The van der Waals surface area contributed by atoms with Gasteiger partial charge in [0.2, 0.25) is 0 Å². The van der Waals surface area contributed by atoms with Gasteiger partial charge in [-0.1, -0.05) is 27.2 Å². The quantitative estimate of drug-likeness (QED) is 0.348. The number of likely N-dealkylation sites (N-methyl/N-ethyl adjacent to an activating group) is 1. The summed E-state index contributed by atoms with van der Waals surface area (Å²) < 4.78 is 6.66. The van der Waals surface area contributed by atoms with Crippen molar-refractivity contribution in [3.05, 3.63) is 28.7 Å². The van der Waals surface area contributed by atoms with Gasteiger partial charge in [-0.3, -0.25) is 4.90 Å². The average molecular weight is 330 g/mol. The second-order valence-electron chi connectivity index (χ2n) is 4.43. The van der Waals surface area contributed by atoms with Crippen molar-refractivity contribution in [2.75, 3.05) is 20.2 Å². The molecule has 1 atom stereocenters. The molecular weight excluding hydrogens is 310 g/mol. The molecule has 19 heavy (non-hydrogen) atoms. The Morgan fingerprint density at radius 1 is 1.58 bits per heavy atom. The third-order valence-electron chi connectivity index (χ3n) is 2.89. The lowest BCUT2D eigenvalue weighted by atomic mass is 10.2. The fourth-order valence-electron chi connectivity index (χ4n) is 1.58. The monoisotopic (exact) mass is 329 g/mol. The molecule has 1 unspecified atom stereocenters. The molecule has 0 saturated carbocycles. The van der Waals surface area contributed by atoms with Crippen molar-refractivity contribution in [2.24, 2.45) is 10.9 Å². The number of ether oxygens (including phenoxy) is 1. The van der Waals surface area contributed by atoms with Gasteiger partial charge in [-0.15, -0.1) is 0 Å². The maximum Gasteiger partial charge on any atom is 0.140 e. The van der Waals surface area contributed by atoms with Gasteiger partial charge >= 0.3 is 0 Å². The molecule has 0 aromatic heterocycles. The van der Waals surface area contributed by atoms with E-state index < -0.39 is 0 Å². The van der Waals surface area contributed by atoms with Gasteiger partial charge in [-0.05, 0) is 32.2 Å². The normalized spacial score (nSPS) is 13.6. The summed E-state index contributed by atoms with van der Waals surface area (Å²) >= 11 is 3.40. The molecule has 0 saturated heterocycles. The van der Waals surface area contributed by atoms with E-state index in [0.717, 1.165) is 16.8 Å². The molecule has 0 spiro atoms. The minimum atomic E-state index is 0.196. The zero-order valence-electron chi connectivity index (χ0n) is 11.2. The van der Waals surface area contributed by atoms with E-state index in [1.165, 1.54) is 0 Å². The number of nitrogens with two attached hydrogens (primary N) is 1. The molecule has 0 heterocycles. The van der Waals surface area contributed by atoms with E-state index >= 15 is 0 Å². The number of amidine groups is 1. The number of oxime groups is 1. The molecule has 3 N–H and O–H groups in total. The summed E-state index contributed by atoms with van der Waals surface area (Å²) in [5, 5.41) is 11.5. The predicted molar refractivity (Wildman–Crippen MR) is 79.8 cm³/mol. The van der Waals surface area contributed by atoms with Crippen LogP contribution in [0.5, 0.6) is 5.75 Å². The fraction of sp³-hybridized carbons (Fsp3) is 0.462. The first-order valence-corrected chi connectivity index (χ1v) is 6.87. The molecule has 6 heteroatoms. The van der Waals surface area contributed by atoms with Gasteiger partial charge in [0.15, 0.2) is 0 Å². The standard InChI is InChI=1S/C13H20BrN3O2/c1-10(8-13(15)16-18)17(2)6-7-19-12-5-3-4-11(14)9-12/h3-5,9-10,18H,6-8H2,1-2H3,(H2,15,16). The summed E-state index contributed by atoms with van der Waals surface area (Å²) in [5.41, 5.74) is 5.48. The Labute approximate surface area is 122 Å². The lowest BCUT2D eigenvalue weighted by Crippen LogP contribution is -2.35. The zero-order valence-corrected chi connectivity index (χ0v) is 12.8. The van der Waals surface area contributed by atoms with Crippen molar-refractivity contribution >= 4 is 21.8 Å². The minimum absolute atomic E-state index is 0.196. The molecule has 0 amide bonds. The highest BCUT2D eigenvalue weighted by atomic mass is 79.9. The van der Waals surface area contributed by atoms with Crippen LogP contribution in [0.2, 0.25) is 0 Å². The van der Waals surface area contributed by atoms with Gasteiger partial charge in [0.25, 0.3) is 0 Å². The first kappa shape index (κ1) is 15.8. The van der Waals surface area contributed by atoms with Crippen molar-refractivity contribution in [1.29, 1.82) is 0 Å². The topological polar surface area (TPSA) is 71.1 Å². The summed E-state index contributed by atoms with van der Waals surface area (Å²) in [6, 6.07) is 7.94. The Balaban J connectivity index is 2.32. The molecule has 0 aliphatic rings. The first-order valence-electron chi connectivity index (χ1n) is 6.08. The van der Waals surface area contributed by atoms with Gasteiger partial charge < -0.3 is 15.7 Å². The summed E-state index contributed by atoms with van der Waals surface area (Å²) in [6.07, 6.45) is 0.532. The highest BCUT2D eigenvalue weighted by Gasteiger charge is 2.11. The second kappa shape index (κ2) is 8.01. The molecule has 1 rings (SSSR count).